The lowest BCUT2D eigenvalue weighted by Gasteiger charge is -2.16. The Labute approximate surface area is 190 Å². The van der Waals surface area contributed by atoms with E-state index < -0.39 is 11.7 Å². The Morgan fingerprint density at radius 1 is 1.17 bits per heavy atom. The molecule has 7 nitrogen and oxygen atoms in total. The van der Waals surface area contributed by atoms with Crippen molar-refractivity contribution < 1.29 is 22.6 Å². The number of anilines is 2. The topological polar surface area (TPSA) is 79.8 Å². The summed E-state index contributed by atoms with van der Waals surface area (Å²) in [7, 11) is 3.15. The molecule has 1 heterocycles. The predicted molar refractivity (Wildman–Crippen MR) is 122 cm³/mol. The third-order valence-corrected chi connectivity index (χ3v) is 3.77. The third kappa shape index (κ3) is 7.43. The van der Waals surface area contributed by atoms with E-state index in [9.17, 15) is 13.2 Å². The molecule has 2 rings (SSSR count). The number of pyridine rings is 1. The summed E-state index contributed by atoms with van der Waals surface area (Å²) in [6, 6.07) is 7.58. The van der Waals surface area contributed by atoms with Gasteiger partial charge in [-0.2, -0.15) is 13.2 Å². The maximum atomic E-state index is 13.0. The zero-order chi connectivity index (χ0) is 21.3. The van der Waals surface area contributed by atoms with E-state index in [2.05, 4.69) is 25.9 Å². The molecule has 0 amide bonds. The van der Waals surface area contributed by atoms with Crippen LogP contribution in [-0.2, 0) is 6.18 Å². The predicted octanol–water partition coefficient (Wildman–Crippen LogP) is 4.23. The second-order valence-electron chi connectivity index (χ2n) is 5.75. The van der Waals surface area contributed by atoms with Crippen molar-refractivity contribution in [2.45, 2.75) is 13.1 Å². The van der Waals surface area contributed by atoms with Gasteiger partial charge in [-0.25, -0.2) is 4.98 Å². The van der Waals surface area contributed by atoms with Gasteiger partial charge in [-0.1, -0.05) is 0 Å². The number of aromatic nitrogens is 1. The van der Waals surface area contributed by atoms with E-state index in [4.69, 9.17) is 9.47 Å². The third-order valence-electron chi connectivity index (χ3n) is 3.77. The van der Waals surface area contributed by atoms with Crippen LogP contribution >= 0.6 is 24.0 Å². The Balaban J connectivity index is 0.00000450. The van der Waals surface area contributed by atoms with Gasteiger partial charge in [0.1, 0.15) is 5.82 Å². The molecule has 3 N–H and O–H groups in total. The van der Waals surface area contributed by atoms with Crippen LogP contribution in [-0.4, -0.2) is 44.8 Å². The molecule has 0 unspecified atom stereocenters. The molecule has 166 valence electrons. The molecule has 0 fully saturated rings. The van der Waals surface area contributed by atoms with Crippen LogP contribution in [0.25, 0.3) is 0 Å². The highest BCUT2D eigenvalue weighted by Crippen LogP contribution is 2.33. The normalized spacial score (nSPS) is 11.3. The van der Waals surface area contributed by atoms with Gasteiger partial charge in [0.15, 0.2) is 17.5 Å². The van der Waals surface area contributed by atoms with Crippen LogP contribution in [0.1, 0.15) is 12.5 Å². The molecule has 30 heavy (non-hydrogen) atoms. The molecule has 0 aliphatic heterocycles. The van der Waals surface area contributed by atoms with E-state index in [1.807, 2.05) is 6.92 Å². The van der Waals surface area contributed by atoms with Gasteiger partial charge in [0, 0.05) is 38.1 Å². The van der Waals surface area contributed by atoms with Crippen LogP contribution in [0.3, 0.4) is 0 Å². The molecule has 0 saturated carbocycles. The summed E-state index contributed by atoms with van der Waals surface area (Å²) in [6.07, 6.45) is -3.15. The Morgan fingerprint density at radius 2 is 1.93 bits per heavy atom. The summed E-state index contributed by atoms with van der Waals surface area (Å²) in [4.78, 5) is 7.86. The van der Waals surface area contributed by atoms with Gasteiger partial charge in [-0.05, 0) is 31.2 Å². The number of benzene rings is 1. The summed E-state index contributed by atoms with van der Waals surface area (Å²) in [5.41, 5.74) is -0.0800. The average Bonchev–Trinajstić information content (AvgIpc) is 2.70. The van der Waals surface area contributed by atoms with Gasteiger partial charge in [0.2, 0.25) is 0 Å². The monoisotopic (exact) mass is 539 g/mol. The number of ether oxygens (including phenoxy) is 2. The zero-order valence-corrected chi connectivity index (χ0v) is 19.2. The molecule has 1 aromatic heterocycles. The van der Waals surface area contributed by atoms with E-state index in [1.54, 1.807) is 32.4 Å². The first-order valence-electron chi connectivity index (χ1n) is 8.93. The van der Waals surface area contributed by atoms with Crippen molar-refractivity contribution in [3.05, 3.63) is 42.1 Å². The van der Waals surface area contributed by atoms with Crippen LogP contribution in [0.5, 0.6) is 11.5 Å². The first-order chi connectivity index (χ1) is 13.9. The molecular formula is C19H25F3IN5O2. The van der Waals surface area contributed by atoms with Gasteiger partial charge in [-0.3, -0.25) is 4.99 Å². The molecule has 0 bridgehead atoms. The lowest BCUT2D eigenvalue weighted by molar-refractivity contribution is -0.137. The number of halogens is 4. The van der Waals surface area contributed by atoms with Gasteiger partial charge in [-0.15, -0.1) is 24.0 Å². The molecule has 0 aliphatic rings. The van der Waals surface area contributed by atoms with E-state index in [1.165, 1.54) is 12.3 Å². The fraction of sp³-hybridized carbons (Fsp3) is 0.368. The number of hydrogen-bond acceptors (Lipinski definition) is 5. The van der Waals surface area contributed by atoms with Gasteiger partial charge < -0.3 is 25.4 Å². The number of nitrogens with one attached hydrogen (secondary N) is 3. The van der Waals surface area contributed by atoms with Crippen LogP contribution in [0.4, 0.5) is 24.7 Å². The van der Waals surface area contributed by atoms with E-state index in [0.29, 0.717) is 30.6 Å². The fourth-order valence-corrected chi connectivity index (χ4v) is 2.48. The molecule has 11 heteroatoms. The average molecular weight is 539 g/mol. The van der Waals surface area contributed by atoms with Crippen molar-refractivity contribution in [3.63, 3.8) is 0 Å². The second kappa shape index (κ2) is 12.3. The Bertz CT molecular complexity index is 834. The molecule has 0 spiro atoms. The zero-order valence-electron chi connectivity index (χ0n) is 16.8. The number of guanidine groups is 1. The molecule has 0 aliphatic carbocycles. The van der Waals surface area contributed by atoms with Gasteiger partial charge in [0.05, 0.1) is 19.3 Å². The summed E-state index contributed by atoms with van der Waals surface area (Å²) in [6.45, 7) is 2.90. The van der Waals surface area contributed by atoms with Gasteiger partial charge in [0.25, 0.3) is 0 Å². The van der Waals surface area contributed by atoms with E-state index >= 15 is 0 Å². The highest BCUT2D eigenvalue weighted by molar-refractivity contribution is 14.0. The summed E-state index contributed by atoms with van der Waals surface area (Å²) >= 11 is 0. The minimum Gasteiger partial charge on any atom is -0.493 e. The highest BCUT2D eigenvalue weighted by atomic mass is 127. The minimum atomic E-state index is -4.46. The molecule has 2 aromatic rings. The van der Waals surface area contributed by atoms with E-state index in [0.717, 1.165) is 11.8 Å². The van der Waals surface area contributed by atoms with Crippen LogP contribution in [0, 0.1) is 0 Å². The number of aliphatic imine (C=N–C) groups is 1. The fourth-order valence-electron chi connectivity index (χ4n) is 2.48. The summed E-state index contributed by atoms with van der Waals surface area (Å²) in [5, 5.41) is 8.81. The van der Waals surface area contributed by atoms with Crippen molar-refractivity contribution in [1.82, 2.24) is 10.3 Å². The Morgan fingerprint density at radius 3 is 2.57 bits per heavy atom. The summed E-state index contributed by atoms with van der Waals surface area (Å²) < 4.78 is 49.7. The first-order valence-corrected chi connectivity index (χ1v) is 8.93. The Hall–Kier alpha value is -2.44. The van der Waals surface area contributed by atoms with Crippen molar-refractivity contribution in [3.8, 4) is 11.5 Å². The summed E-state index contributed by atoms with van der Waals surface area (Å²) in [5.74, 6) is 1.45. The first kappa shape index (κ1) is 25.6. The number of nitrogens with zero attached hydrogens (tertiary/aromatic N) is 2. The largest absolute Gasteiger partial charge is 0.493 e. The van der Waals surface area contributed by atoms with Crippen LogP contribution < -0.4 is 25.4 Å². The molecule has 0 radical (unpaired) electrons. The standard InChI is InChI=1S/C19H24F3N5O2.HI/c1-4-29-16-12-13(7-8-15(16)28-3)27-18(23-2)26-11-10-25-17-14(19(20,21)22)6-5-9-24-17;/h5-9,12H,4,10-11H2,1-3H3,(H,24,25)(H2,23,26,27);1H. The maximum absolute atomic E-state index is 13.0. The second-order valence-corrected chi connectivity index (χ2v) is 5.75. The maximum Gasteiger partial charge on any atom is 0.419 e. The van der Waals surface area contributed by atoms with Crippen molar-refractivity contribution in [1.29, 1.82) is 0 Å². The van der Waals surface area contributed by atoms with Crippen molar-refractivity contribution in [2.75, 3.05) is 44.5 Å². The molecule has 1 aromatic carbocycles. The van der Waals surface area contributed by atoms with Crippen LogP contribution in [0.2, 0.25) is 0 Å². The minimum absolute atomic E-state index is 0. The smallest absolute Gasteiger partial charge is 0.419 e. The molecular weight excluding hydrogens is 514 g/mol. The SMILES string of the molecule is CCOc1cc(NC(=NC)NCCNc2ncccc2C(F)(F)F)ccc1OC.I. The van der Waals surface area contributed by atoms with Gasteiger partial charge >= 0.3 is 6.18 Å². The number of hydrogen-bond donors (Lipinski definition) is 3. The molecule has 0 saturated heterocycles. The quantitative estimate of drug-likeness (QED) is 0.202. The van der Waals surface area contributed by atoms with Crippen LogP contribution in [0.15, 0.2) is 41.5 Å². The lowest BCUT2D eigenvalue weighted by atomic mass is 10.2. The molecule has 0 atom stereocenters. The Kier molecular flexibility index (Phi) is 10.5. The highest BCUT2D eigenvalue weighted by Gasteiger charge is 2.33. The number of rotatable bonds is 8. The van der Waals surface area contributed by atoms with E-state index in [-0.39, 0.29) is 36.3 Å². The lowest BCUT2D eigenvalue weighted by Crippen LogP contribution is -2.34. The number of methoxy groups -OCH3 is 1. The van der Waals surface area contributed by atoms with Crippen molar-refractivity contribution in [2.24, 2.45) is 4.99 Å². The number of alkyl halides is 3. The van der Waals surface area contributed by atoms with Crippen molar-refractivity contribution >= 4 is 41.4 Å².